The van der Waals surface area contributed by atoms with Crippen molar-refractivity contribution in [2.24, 2.45) is 0 Å². The summed E-state index contributed by atoms with van der Waals surface area (Å²) in [5, 5.41) is 7.24. The number of nitrogens with zero attached hydrogens (tertiary/aromatic N) is 1. The predicted octanol–water partition coefficient (Wildman–Crippen LogP) is 2.43. The summed E-state index contributed by atoms with van der Waals surface area (Å²) in [6.45, 7) is 4.66. The Morgan fingerprint density at radius 3 is 3.00 bits per heavy atom. The van der Waals surface area contributed by atoms with Gasteiger partial charge in [0.05, 0.1) is 18.2 Å². The van der Waals surface area contributed by atoms with Gasteiger partial charge in [-0.3, -0.25) is 0 Å². The molecule has 0 saturated carbocycles. The van der Waals surface area contributed by atoms with Crippen LogP contribution in [-0.4, -0.2) is 5.16 Å². The highest BCUT2D eigenvalue weighted by Gasteiger charge is 2.07. The Bertz CT molecular complexity index is 406. The fourth-order valence-electron chi connectivity index (χ4n) is 1.40. The SMILES string of the molecule is Cc1cc(CNC(C)c2ccoc2)no1. The Balaban J connectivity index is 1.88. The quantitative estimate of drug-likeness (QED) is 0.834. The Labute approximate surface area is 88.3 Å². The molecule has 0 aromatic carbocycles. The smallest absolute Gasteiger partial charge is 0.133 e. The number of hydrogen-bond acceptors (Lipinski definition) is 4. The first-order chi connectivity index (χ1) is 7.25. The van der Waals surface area contributed by atoms with E-state index in [9.17, 15) is 0 Å². The number of aromatic nitrogens is 1. The van der Waals surface area contributed by atoms with E-state index < -0.39 is 0 Å². The van der Waals surface area contributed by atoms with Crippen LogP contribution in [0.5, 0.6) is 0 Å². The molecule has 0 saturated heterocycles. The summed E-state index contributed by atoms with van der Waals surface area (Å²) in [5.74, 6) is 0.836. The van der Waals surface area contributed by atoms with Crippen LogP contribution in [0, 0.1) is 6.92 Å². The molecule has 1 atom stereocenters. The number of aryl methyl sites for hydroxylation is 1. The van der Waals surface area contributed by atoms with Gasteiger partial charge in [0.15, 0.2) is 0 Å². The zero-order valence-corrected chi connectivity index (χ0v) is 8.86. The number of hydrogen-bond donors (Lipinski definition) is 1. The molecule has 1 N–H and O–H groups in total. The second-order valence-electron chi connectivity index (χ2n) is 3.59. The third-order valence-corrected chi connectivity index (χ3v) is 2.31. The highest BCUT2D eigenvalue weighted by Crippen LogP contribution is 2.13. The fourth-order valence-corrected chi connectivity index (χ4v) is 1.40. The average Bonchev–Trinajstić information content (AvgIpc) is 2.84. The third-order valence-electron chi connectivity index (χ3n) is 2.31. The largest absolute Gasteiger partial charge is 0.472 e. The zero-order valence-electron chi connectivity index (χ0n) is 8.86. The van der Waals surface area contributed by atoms with Crippen LogP contribution in [0.3, 0.4) is 0 Å². The lowest BCUT2D eigenvalue weighted by molar-refractivity contribution is 0.386. The number of rotatable bonds is 4. The maximum absolute atomic E-state index is 5.02. The summed E-state index contributed by atoms with van der Waals surface area (Å²) in [7, 11) is 0. The molecule has 0 aliphatic carbocycles. The molecule has 0 bridgehead atoms. The van der Waals surface area contributed by atoms with Crippen molar-refractivity contribution in [3.63, 3.8) is 0 Å². The highest BCUT2D eigenvalue weighted by atomic mass is 16.5. The normalized spacial score (nSPS) is 12.9. The molecule has 80 valence electrons. The minimum Gasteiger partial charge on any atom is -0.472 e. The lowest BCUT2D eigenvalue weighted by atomic mass is 10.2. The maximum Gasteiger partial charge on any atom is 0.133 e. The monoisotopic (exact) mass is 206 g/mol. The Hall–Kier alpha value is -1.55. The van der Waals surface area contributed by atoms with Gasteiger partial charge in [0.25, 0.3) is 0 Å². The van der Waals surface area contributed by atoms with Gasteiger partial charge in [-0.25, -0.2) is 0 Å². The van der Waals surface area contributed by atoms with Gasteiger partial charge >= 0.3 is 0 Å². The molecule has 0 aliphatic heterocycles. The molecule has 0 spiro atoms. The van der Waals surface area contributed by atoms with Gasteiger partial charge < -0.3 is 14.3 Å². The highest BCUT2D eigenvalue weighted by molar-refractivity contribution is 5.11. The van der Waals surface area contributed by atoms with Crippen LogP contribution < -0.4 is 5.32 Å². The third kappa shape index (κ3) is 2.47. The van der Waals surface area contributed by atoms with Crippen molar-refractivity contribution >= 4 is 0 Å². The van der Waals surface area contributed by atoms with Crippen molar-refractivity contribution in [2.75, 3.05) is 0 Å². The first-order valence-electron chi connectivity index (χ1n) is 4.93. The molecule has 15 heavy (non-hydrogen) atoms. The lowest BCUT2D eigenvalue weighted by Crippen LogP contribution is -2.17. The molecular weight excluding hydrogens is 192 g/mol. The molecular formula is C11H14N2O2. The molecule has 1 unspecified atom stereocenters. The average molecular weight is 206 g/mol. The van der Waals surface area contributed by atoms with Crippen molar-refractivity contribution in [2.45, 2.75) is 26.4 Å². The predicted molar refractivity (Wildman–Crippen MR) is 55.2 cm³/mol. The summed E-state index contributed by atoms with van der Waals surface area (Å²) in [5.41, 5.74) is 2.05. The second-order valence-corrected chi connectivity index (χ2v) is 3.59. The van der Waals surface area contributed by atoms with E-state index in [-0.39, 0.29) is 6.04 Å². The Morgan fingerprint density at radius 2 is 2.40 bits per heavy atom. The van der Waals surface area contributed by atoms with Gasteiger partial charge in [-0.2, -0.15) is 0 Å². The van der Waals surface area contributed by atoms with E-state index in [1.54, 1.807) is 12.5 Å². The zero-order chi connectivity index (χ0) is 10.7. The van der Waals surface area contributed by atoms with Crippen LogP contribution in [0.1, 0.15) is 30.0 Å². The van der Waals surface area contributed by atoms with Gasteiger partial charge in [0.1, 0.15) is 5.76 Å². The van der Waals surface area contributed by atoms with Crippen LogP contribution >= 0.6 is 0 Å². The van der Waals surface area contributed by atoms with Gasteiger partial charge in [0.2, 0.25) is 0 Å². The van der Waals surface area contributed by atoms with E-state index in [4.69, 9.17) is 8.94 Å². The molecule has 2 aromatic rings. The van der Waals surface area contributed by atoms with Gasteiger partial charge in [0, 0.05) is 24.2 Å². The summed E-state index contributed by atoms with van der Waals surface area (Å²) < 4.78 is 10.00. The minimum atomic E-state index is 0.251. The van der Waals surface area contributed by atoms with Gasteiger partial charge in [-0.05, 0) is 19.9 Å². The fraction of sp³-hybridized carbons (Fsp3) is 0.364. The number of furan rings is 1. The second kappa shape index (κ2) is 4.31. The van der Waals surface area contributed by atoms with Crippen molar-refractivity contribution in [1.29, 1.82) is 0 Å². The summed E-state index contributed by atoms with van der Waals surface area (Å²) in [6.07, 6.45) is 3.42. The van der Waals surface area contributed by atoms with Crippen molar-refractivity contribution in [3.05, 3.63) is 41.7 Å². The molecule has 0 aliphatic rings. The lowest BCUT2D eigenvalue weighted by Gasteiger charge is -2.09. The first-order valence-corrected chi connectivity index (χ1v) is 4.93. The summed E-state index contributed by atoms with van der Waals surface area (Å²) >= 11 is 0. The van der Waals surface area contributed by atoms with E-state index in [1.165, 1.54) is 0 Å². The molecule has 4 heteroatoms. The number of nitrogens with one attached hydrogen (secondary N) is 1. The molecule has 0 fully saturated rings. The Morgan fingerprint density at radius 1 is 1.53 bits per heavy atom. The molecule has 2 rings (SSSR count). The molecule has 4 nitrogen and oxygen atoms in total. The Kier molecular flexibility index (Phi) is 2.87. The van der Waals surface area contributed by atoms with Gasteiger partial charge in [-0.15, -0.1) is 0 Å². The van der Waals surface area contributed by atoms with Crippen molar-refractivity contribution in [1.82, 2.24) is 10.5 Å². The molecule has 0 amide bonds. The van der Waals surface area contributed by atoms with E-state index in [0.717, 1.165) is 17.0 Å². The first kappa shape index (κ1) is 9.98. The van der Waals surface area contributed by atoms with Crippen LogP contribution in [0.15, 0.2) is 33.6 Å². The summed E-state index contributed by atoms with van der Waals surface area (Å²) in [4.78, 5) is 0. The maximum atomic E-state index is 5.02. The van der Waals surface area contributed by atoms with E-state index in [2.05, 4.69) is 17.4 Å². The van der Waals surface area contributed by atoms with Crippen molar-refractivity contribution in [3.8, 4) is 0 Å². The van der Waals surface area contributed by atoms with Crippen LogP contribution in [-0.2, 0) is 6.54 Å². The van der Waals surface area contributed by atoms with E-state index >= 15 is 0 Å². The topological polar surface area (TPSA) is 51.2 Å². The van der Waals surface area contributed by atoms with Gasteiger partial charge in [-0.1, -0.05) is 5.16 Å². The summed E-state index contributed by atoms with van der Waals surface area (Å²) in [6, 6.07) is 4.13. The van der Waals surface area contributed by atoms with Crippen molar-refractivity contribution < 1.29 is 8.94 Å². The van der Waals surface area contributed by atoms with E-state index in [0.29, 0.717) is 6.54 Å². The molecule has 2 heterocycles. The van der Waals surface area contributed by atoms with Crippen LogP contribution in [0.4, 0.5) is 0 Å². The molecule has 2 aromatic heterocycles. The standard InChI is InChI=1S/C11H14N2O2/c1-8-5-11(13-15-8)6-12-9(2)10-3-4-14-7-10/h3-5,7,9,12H,6H2,1-2H3. The molecule has 0 radical (unpaired) electrons. The van der Waals surface area contributed by atoms with E-state index in [1.807, 2.05) is 19.1 Å². The van der Waals surface area contributed by atoms with Crippen LogP contribution in [0.25, 0.3) is 0 Å². The van der Waals surface area contributed by atoms with Crippen LogP contribution in [0.2, 0.25) is 0 Å². The minimum absolute atomic E-state index is 0.251.